The highest BCUT2D eigenvalue weighted by molar-refractivity contribution is 7.89. The van der Waals surface area contributed by atoms with Gasteiger partial charge in [0.05, 0.1) is 6.04 Å². The molecule has 1 aromatic heterocycles. The molecule has 2 heterocycles. The topological polar surface area (TPSA) is 113 Å². The van der Waals surface area contributed by atoms with Crippen molar-refractivity contribution in [2.75, 3.05) is 26.2 Å². The third-order valence-electron chi connectivity index (χ3n) is 4.89. The summed E-state index contributed by atoms with van der Waals surface area (Å²) in [4.78, 5) is 28.5. The summed E-state index contributed by atoms with van der Waals surface area (Å²) in [6.07, 6.45) is 0. The molecule has 2 aromatic rings. The van der Waals surface area contributed by atoms with Crippen molar-refractivity contribution in [1.29, 1.82) is 0 Å². The van der Waals surface area contributed by atoms with Crippen LogP contribution in [0.25, 0.3) is 0 Å². The molecule has 1 atom stereocenters. The van der Waals surface area contributed by atoms with Crippen LogP contribution >= 0.6 is 11.6 Å². The van der Waals surface area contributed by atoms with Crippen molar-refractivity contribution in [3.8, 4) is 0 Å². The standard InChI is InChI=1S/C19H23ClN4O5S/c1-12-17(14(3)29-21-12)30(27,28)22-13(2)18(25)23-7-9-24(10-8-23)19(26)15-5-4-6-16(20)11-15/h4-6,11,13,22H,7-10H2,1-3H3/t13-/m0/s1. The molecule has 0 bridgehead atoms. The third-order valence-corrected chi connectivity index (χ3v) is 6.91. The Morgan fingerprint density at radius 1 is 1.17 bits per heavy atom. The van der Waals surface area contributed by atoms with E-state index < -0.39 is 16.1 Å². The molecule has 0 aliphatic carbocycles. The van der Waals surface area contributed by atoms with E-state index in [1.54, 1.807) is 34.1 Å². The van der Waals surface area contributed by atoms with Crippen LogP contribution < -0.4 is 4.72 Å². The van der Waals surface area contributed by atoms with Crippen LogP contribution in [0.4, 0.5) is 0 Å². The van der Waals surface area contributed by atoms with Gasteiger partial charge in [-0.05, 0) is 39.0 Å². The summed E-state index contributed by atoms with van der Waals surface area (Å²) in [6.45, 7) is 5.82. The van der Waals surface area contributed by atoms with Gasteiger partial charge in [0, 0.05) is 36.8 Å². The van der Waals surface area contributed by atoms with E-state index >= 15 is 0 Å². The summed E-state index contributed by atoms with van der Waals surface area (Å²) >= 11 is 5.95. The number of hydrogen-bond acceptors (Lipinski definition) is 6. The van der Waals surface area contributed by atoms with Gasteiger partial charge in [-0.25, -0.2) is 8.42 Å². The molecule has 162 valence electrons. The predicted octanol–water partition coefficient (Wildman–Crippen LogP) is 1.60. The lowest BCUT2D eigenvalue weighted by Gasteiger charge is -2.36. The normalized spacial score (nSPS) is 15.9. The lowest BCUT2D eigenvalue weighted by atomic mass is 10.1. The van der Waals surface area contributed by atoms with Crippen LogP contribution in [-0.4, -0.2) is 67.4 Å². The molecule has 0 radical (unpaired) electrons. The van der Waals surface area contributed by atoms with Gasteiger partial charge in [-0.15, -0.1) is 0 Å². The molecule has 11 heteroatoms. The number of halogens is 1. The minimum atomic E-state index is -3.96. The Morgan fingerprint density at radius 2 is 1.80 bits per heavy atom. The van der Waals surface area contributed by atoms with E-state index in [1.807, 2.05) is 0 Å². The van der Waals surface area contributed by atoms with Crippen LogP contribution in [0.3, 0.4) is 0 Å². The number of amides is 2. The highest BCUT2D eigenvalue weighted by atomic mass is 35.5. The van der Waals surface area contributed by atoms with Gasteiger partial charge < -0.3 is 14.3 Å². The maximum Gasteiger partial charge on any atom is 0.254 e. The van der Waals surface area contributed by atoms with Crippen LogP contribution in [0.5, 0.6) is 0 Å². The van der Waals surface area contributed by atoms with Crippen LogP contribution in [0.15, 0.2) is 33.7 Å². The Hall–Kier alpha value is -2.43. The summed E-state index contributed by atoms with van der Waals surface area (Å²) in [5.41, 5.74) is 0.718. The number of aryl methyl sites for hydroxylation is 2. The minimum absolute atomic E-state index is 0.0564. The van der Waals surface area contributed by atoms with Crippen molar-refractivity contribution in [2.45, 2.75) is 31.7 Å². The first-order valence-electron chi connectivity index (χ1n) is 9.39. The number of carbonyl (C=O) groups is 2. The summed E-state index contributed by atoms with van der Waals surface area (Å²) < 4.78 is 32.5. The molecule has 1 aliphatic heterocycles. The van der Waals surface area contributed by atoms with Crippen molar-refractivity contribution in [3.05, 3.63) is 46.3 Å². The minimum Gasteiger partial charge on any atom is -0.360 e. The fraction of sp³-hybridized carbons (Fsp3) is 0.421. The van der Waals surface area contributed by atoms with Gasteiger partial charge in [0.25, 0.3) is 5.91 Å². The number of piperazine rings is 1. The zero-order chi connectivity index (χ0) is 22.1. The predicted molar refractivity (Wildman–Crippen MR) is 110 cm³/mol. The number of nitrogens with one attached hydrogen (secondary N) is 1. The molecular weight excluding hydrogens is 432 g/mol. The monoisotopic (exact) mass is 454 g/mol. The summed E-state index contributed by atoms with van der Waals surface area (Å²) in [7, 11) is -3.96. The number of benzene rings is 1. The first-order valence-corrected chi connectivity index (χ1v) is 11.2. The van der Waals surface area contributed by atoms with Crippen LogP contribution in [0.1, 0.15) is 28.7 Å². The summed E-state index contributed by atoms with van der Waals surface area (Å²) in [6, 6.07) is 5.73. The largest absolute Gasteiger partial charge is 0.360 e. The molecule has 9 nitrogen and oxygen atoms in total. The molecule has 30 heavy (non-hydrogen) atoms. The van der Waals surface area contributed by atoms with Crippen molar-refractivity contribution in [2.24, 2.45) is 0 Å². The van der Waals surface area contributed by atoms with Gasteiger partial charge in [0.2, 0.25) is 15.9 Å². The maximum absolute atomic E-state index is 12.7. The molecule has 1 saturated heterocycles. The molecule has 0 spiro atoms. The number of nitrogens with zero attached hydrogens (tertiary/aromatic N) is 3. The van der Waals surface area contributed by atoms with Crippen LogP contribution in [0.2, 0.25) is 5.02 Å². The second kappa shape index (κ2) is 8.75. The van der Waals surface area contributed by atoms with Crippen molar-refractivity contribution in [1.82, 2.24) is 19.7 Å². The van der Waals surface area contributed by atoms with Gasteiger partial charge in [0.1, 0.15) is 10.6 Å². The Labute approximate surface area is 180 Å². The zero-order valence-corrected chi connectivity index (χ0v) is 18.5. The van der Waals surface area contributed by atoms with Gasteiger partial charge in [-0.3, -0.25) is 9.59 Å². The van der Waals surface area contributed by atoms with E-state index in [0.717, 1.165) is 0 Å². The Morgan fingerprint density at radius 3 is 2.37 bits per heavy atom. The number of sulfonamides is 1. The number of rotatable bonds is 5. The van der Waals surface area contributed by atoms with Gasteiger partial charge in [0.15, 0.2) is 5.76 Å². The molecule has 1 fully saturated rings. The molecule has 1 aliphatic rings. The highest BCUT2D eigenvalue weighted by Crippen LogP contribution is 2.19. The Balaban J connectivity index is 1.60. The Kier molecular flexibility index (Phi) is 6.49. The van der Waals surface area contributed by atoms with Gasteiger partial charge >= 0.3 is 0 Å². The molecular formula is C19H23ClN4O5S. The highest BCUT2D eigenvalue weighted by Gasteiger charge is 2.32. The van der Waals surface area contributed by atoms with Crippen molar-refractivity contribution in [3.63, 3.8) is 0 Å². The fourth-order valence-corrected chi connectivity index (χ4v) is 5.12. The molecule has 1 aromatic carbocycles. The smallest absolute Gasteiger partial charge is 0.254 e. The molecule has 0 unspecified atom stereocenters. The van der Waals surface area contributed by atoms with E-state index in [2.05, 4.69) is 9.88 Å². The van der Waals surface area contributed by atoms with Crippen molar-refractivity contribution < 1.29 is 22.5 Å². The number of carbonyl (C=O) groups excluding carboxylic acids is 2. The van der Waals surface area contributed by atoms with E-state index in [4.69, 9.17) is 16.1 Å². The quantitative estimate of drug-likeness (QED) is 0.734. The van der Waals surface area contributed by atoms with Crippen molar-refractivity contribution >= 4 is 33.4 Å². The number of hydrogen-bond donors (Lipinski definition) is 1. The third kappa shape index (κ3) is 4.66. The van der Waals surface area contributed by atoms with E-state index in [1.165, 1.54) is 20.8 Å². The summed E-state index contributed by atoms with van der Waals surface area (Å²) in [5.74, 6) is -0.357. The van der Waals surface area contributed by atoms with Crippen LogP contribution in [-0.2, 0) is 14.8 Å². The molecule has 2 amide bonds. The molecule has 3 rings (SSSR count). The average molecular weight is 455 g/mol. The van der Waals surface area contributed by atoms with Gasteiger partial charge in [-0.2, -0.15) is 4.72 Å². The first-order chi connectivity index (χ1) is 14.1. The average Bonchev–Trinajstić information content (AvgIpc) is 3.05. The maximum atomic E-state index is 12.7. The van der Waals surface area contributed by atoms with Crippen LogP contribution in [0, 0.1) is 13.8 Å². The Bertz CT molecular complexity index is 1040. The van der Waals surface area contributed by atoms with E-state index in [0.29, 0.717) is 36.8 Å². The summed E-state index contributed by atoms with van der Waals surface area (Å²) in [5, 5.41) is 4.13. The van der Waals surface area contributed by atoms with E-state index in [-0.39, 0.29) is 28.2 Å². The lowest BCUT2D eigenvalue weighted by molar-refractivity contribution is -0.134. The van der Waals surface area contributed by atoms with E-state index in [9.17, 15) is 18.0 Å². The van der Waals surface area contributed by atoms with Gasteiger partial charge in [-0.1, -0.05) is 22.8 Å². The second-order valence-electron chi connectivity index (χ2n) is 7.12. The molecule has 1 N–H and O–H groups in total. The second-order valence-corrected chi connectivity index (χ2v) is 9.21. The lowest BCUT2D eigenvalue weighted by Crippen LogP contribution is -2.55. The number of aromatic nitrogens is 1. The molecule has 0 saturated carbocycles. The SMILES string of the molecule is Cc1noc(C)c1S(=O)(=O)N[C@@H](C)C(=O)N1CCN(C(=O)c2cccc(Cl)c2)CC1. The zero-order valence-electron chi connectivity index (χ0n) is 16.9. The first kappa shape index (κ1) is 22.3. The fourth-order valence-electron chi connectivity index (χ4n) is 3.41.